The topological polar surface area (TPSA) is 141 Å². The van der Waals surface area contributed by atoms with E-state index in [1.165, 1.54) is 0 Å². The Balaban J connectivity index is 1.17. The number of carbonyl (C=O) groups is 2. The number of carbonyl (C=O) groups excluding carboxylic acids is 2. The Labute approximate surface area is 261 Å². The zero-order valence-corrected chi connectivity index (χ0v) is 25.5. The maximum atomic E-state index is 13.6. The van der Waals surface area contributed by atoms with E-state index in [2.05, 4.69) is 36.0 Å². The smallest absolute Gasteiger partial charge is 0.308 e. The lowest BCUT2D eigenvalue weighted by molar-refractivity contribution is -0.803. The minimum atomic E-state index is -0.0711. The number of aromatic nitrogens is 8. The van der Waals surface area contributed by atoms with Crippen molar-refractivity contribution in [3.8, 4) is 22.8 Å². The van der Waals surface area contributed by atoms with Gasteiger partial charge in [0.25, 0.3) is 0 Å². The number of anilines is 2. The molecule has 0 aliphatic carbocycles. The maximum absolute atomic E-state index is 13.6. The van der Waals surface area contributed by atoms with Gasteiger partial charge in [0, 0.05) is 28.2 Å². The van der Waals surface area contributed by atoms with Crippen molar-refractivity contribution in [2.24, 2.45) is 0 Å². The van der Waals surface area contributed by atoms with Crippen LogP contribution in [0.25, 0.3) is 22.8 Å². The van der Waals surface area contributed by atoms with Gasteiger partial charge in [-0.3, -0.25) is 9.59 Å². The van der Waals surface area contributed by atoms with Crippen LogP contribution >= 0.6 is 22.7 Å². The number of H-pyrrole nitrogens is 2. The summed E-state index contributed by atoms with van der Waals surface area (Å²) in [4.78, 5) is 32.6. The number of thiophene rings is 2. The first-order chi connectivity index (χ1) is 21.6. The van der Waals surface area contributed by atoms with Crippen LogP contribution < -0.4 is 14.6 Å². The Morgan fingerprint density at radius 2 is 1.64 bits per heavy atom. The van der Waals surface area contributed by atoms with E-state index in [0.29, 0.717) is 37.7 Å². The van der Waals surface area contributed by atoms with Crippen LogP contribution in [0.5, 0.6) is 0 Å². The molecule has 2 amide bonds. The molecule has 4 aromatic heterocycles. The molecule has 0 atom stereocenters. The molecule has 14 heteroatoms. The molecule has 12 nitrogen and oxygen atoms in total. The highest BCUT2D eigenvalue weighted by molar-refractivity contribution is 7.09. The number of aryl methyl sites for hydroxylation is 1. The van der Waals surface area contributed by atoms with Crippen molar-refractivity contribution in [3.63, 3.8) is 0 Å². The molecule has 0 saturated heterocycles. The predicted molar refractivity (Wildman–Crippen MR) is 168 cm³/mol. The van der Waals surface area contributed by atoms with Crippen molar-refractivity contribution >= 4 is 45.9 Å². The Bertz CT molecular complexity index is 1820. The molecule has 6 rings (SSSR count). The largest absolute Gasteiger partial charge is 0.338 e. The van der Waals surface area contributed by atoms with Crippen LogP contribution in [0, 0.1) is 0 Å². The van der Waals surface area contributed by atoms with Crippen LogP contribution in [-0.2, 0) is 29.2 Å². The molecule has 0 saturated carbocycles. The average Bonchev–Trinajstić information content (AvgIpc) is 3.89. The summed E-state index contributed by atoms with van der Waals surface area (Å²) in [6.45, 7) is 3.09. The number of tetrazole rings is 2. The van der Waals surface area contributed by atoms with Gasteiger partial charge in [0.15, 0.2) is 0 Å². The molecular formula is C30H29N10O2S2+. The lowest BCUT2D eigenvalue weighted by Crippen LogP contribution is -2.42. The van der Waals surface area contributed by atoms with E-state index in [4.69, 9.17) is 0 Å². The Hall–Kier alpha value is -5.08. The summed E-state index contributed by atoms with van der Waals surface area (Å²) < 4.78 is 0. The summed E-state index contributed by atoms with van der Waals surface area (Å²) in [5, 5.41) is 32.2. The third kappa shape index (κ3) is 6.76. The van der Waals surface area contributed by atoms with Crippen molar-refractivity contribution in [1.82, 2.24) is 36.0 Å². The molecule has 0 fully saturated rings. The fourth-order valence-corrected chi connectivity index (χ4v) is 6.05. The van der Waals surface area contributed by atoms with Gasteiger partial charge in [-0.15, -0.1) is 21.5 Å². The number of nitrogens with one attached hydrogen (secondary N) is 2. The van der Waals surface area contributed by atoms with Gasteiger partial charge in [-0.05, 0) is 79.7 Å². The molecule has 0 unspecified atom stereocenters. The van der Waals surface area contributed by atoms with E-state index < -0.39 is 0 Å². The normalized spacial score (nSPS) is 11.0. The molecular weight excluding hydrogens is 597 g/mol. The summed E-state index contributed by atoms with van der Waals surface area (Å²) in [5.74, 6) is 0.893. The molecule has 2 N–H and O–H groups in total. The van der Waals surface area contributed by atoms with E-state index in [9.17, 15) is 9.59 Å². The number of hydrogen-bond donors (Lipinski definition) is 2. The summed E-state index contributed by atoms with van der Waals surface area (Å²) in [6, 6.07) is 21.2. The number of benzene rings is 2. The summed E-state index contributed by atoms with van der Waals surface area (Å²) in [7, 11) is 0. The zero-order chi connectivity index (χ0) is 30.3. The first kappa shape index (κ1) is 29.0. The second-order valence-electron chi connectivity index (χ2n) is 9.87. The number of aromatic amines is 2. The van der Waals surface area contributed by atoms with Gasteiger partial charge in [0.2, 0.25) is 17.6 Å². The van der Waals surface area contributed by atoms with Crippen LogP contribution in [-0.4, -0.2) is 47.8 Å². The van der Waals surface area contributed by atoms with Crippen molar-refractivity contribution in [2.45, 2.75) is 39.4 Å². The van der Waals surface area contributed by atoms with Crippen LogP contribution in [0.3, 0.4) is 0 Å². The molecule has 6 aromatic rings. The molecule has 0 radical (unpaired) electrons. The minimum absolute atomic E-state index is 0.0341. The molecule has 0 spiro atoms. The molecule has 0 aliphatic rings. The van der Waals surface area contributed by atoms with E-state index in [0.717, 1.165) is 32.9 Å². The van der Waals surface area contributed by atoms with Crippen molar-refractivity contribution in [1.29, 1.82) is 0 Å². The highest BCUT2D eigenvalue weighted by Crippen LogP contribution is 2.26. The van der Waals surface area contributed by atoms with Crippen LogP contribution in [0.15, 0.2) is 82.9 Å². The summed E-state index contributed by atoms with van der Waals surface area (Å²) >= 11 is 3.20. The molecule has 44 heavy (non-hydrogen) atoms. The van der Waals surface area contributed by atoms with E-state index >= 15 is 0 Å². The first-order valence-corrected chi connectivity index (χ1v) is 15.8. The highest BCUT2D eigenvalue weighted by atomic mass is 32.1. The van der Waals surface area contributed by atoms with Crippen molar-refractivity contribution in [2.75, 3.05) is 9.80 Å². The van der Waals surface area contributed by atoms with Gasteiger partial charge < -0.3 is 9.80 Å². The van der Waals surface area contributed by atoms with Gasteiger partial charge in [0.1, 0.15) is 6.54 Å². The predicted octanol–water partition coefficient (Wildman–Crippen LogP) is 4.63. The second-order valence-corrected chi connectivity index (χ2v) is 11.7. The SMILES string of the molecule is CCC(=O)N(Cc1ccsc1)c1cccc(-c2n[nH][n+](CCC(=O)N(Cc3cccs3)c3cccc(-c4nn[nH]n4)c3)n2)c1. The fourth-order valence-electron chi connectivity index (χ4n) is 4.69. The van der Waals surface area contributed by atoms with Gasteiger partial charge in [-0.1, -0.05) is 36.0 Å². The van der Waals surface area contributed by atoms with Crippen molar-refractivity contribution in [3.05, 3.63) is 93.3 Å². The highest BCUT2D eigenvalue weighted by Gasteiger charge is 2.22. The fraction of sp³-hybridized carbons (Fsp3) is 0.200. The van der Waals surface area contributed by atoms with E-state index in [1.54, 1.807) is 37.3 Å². The van der Waals surface area contributed by atoms with Gasteiger partial charge in [0.05, 0.1) is 30.2 Å². The molecule has 222 valence electrons. The number of nitrogens with zero attached hydrogens (tertiary/aromatic N) is 8. The lowest BCUT2D eigenvalue weighted by atomic mass is 10.1. The summed E-state index contributed by atoms with van der Waals surface area (Å²) in [5.41, 5.74) is 4.11. The molecule has 0 bridgehead atoms. The molecule has 0 aliphatic heterocycles. The monoisotopic (exact) mass is 625 g/mol. The van der Waals surface area contributed by atoms with Gasteiger partial charge in [-0.25, -0.2) is 0 Å². The average molecular weight is 626 g/mol. The summed E-state index contributed by atoms with van der Waals surface area (Å²) in [6.07, 6.45) is 0.588. The lowest BCUT2D eigenvalue weighted by Gasteiger charge is -2.22. The maximum Gasteiger partial charge on any atom is 0.338 e. The number of amides is 2. The Morgan fingerprint density at radius 1 is 0.864 bits per heavy atom. The molecule has 2 aromatic carbocycles. The minimum Gasteiger partial charge on any atom is -0.308 e. The Morgan fingerprint density at radius 3 is 2.30 bits per heavy atom. The second kappa shape index (κ2) is 13.5. The number of rotatable bonds is 12. The van der Waals surface area contributed by atoms with Crippen molar-refractivity contribution < 1.29 is 14.4 Å². The standard InChI is InChI=1S/C30H28N10O2S2/c1-2-27(41)38(18-21-12-15-43-20-21)24-8-4-7-23(17-24)30-33-37-40(34-30)13-11-28(42)39(19-26-10-5-14-44-26)25-9-3-6-22(16-25)29-31-35-36-32-29/h3-10,12,14-17,20H,2,11,13,18-19H2,1H3,(H,31,32,35,36)/p+1. The van der Waals surface area contributed by atoms with E-state index in [1.807, 2.05) is 89.8 Å². The van der Waals surface area contributed by atoms with Gasteiger partial charge in [-0.2, -0.15) is 16.6 Å². The number of hydrogen-bond acceptors (Lipinski definition) is 9. The quantitative estimate of drug-likeness (QED) is 0.189. The Kier molecular flexibility index (Phi) is 8.89. The molecule has 4 heterocycles. The third-order valence-electron chi connectivity index (χ3n) is 6.92. The first-order valence-electron chi connectivity index (χ1n) is 14.0. The van der Waals surface area contributed by atoms with Crippen LogP contribution in [0.4, 0.5) is 11.4 Å². The third-order valence-corrected chi connectivity index (χ3v) is 8.51. The van der Waals surface area contributed by atoms with Gasteiger partial charge >= 0.3 is 5.82 Å². The van der Waals surface area contributed by atoms with Crippen LogP contribution in [0.1, 0.15) is 30.2 Å². The zero-order valence-electron chi connectivity index (χ0n) is 23.8. The van der Waals surface area contributed by atoms with E-state index in [-0.39, 0.29) is 18.2 Å². The van der Waals surface area contributed by atoms with Crippen LogP contribution in [0.2, 0.25) is 0 Å².